The van der Waals surface area contributed by atoms with Gasteiger partial charge in [0.2, 0.25) is 0 Å². The van der Waals surface area contributed by atoms with Crippen molar-refractivity contribution >= 4 is 11.9 Å². The third-order valence-corrected chi connectivity index (χ3v) is 8.43. The number of aliphatic hydroxyl groups is 2. The number of unbranched alkanes of at least 4 members (excludes halogenated alkanes) is 19. The van der Waals surface area contributed by atoms with Gasteiger partial charge in [-0.05, 0) is 57.8 Å². The molecule has 6 heteroatoms. The number of esters is 2. The van der Waals surface area contributed by atoms with E-state index in [1.807, 2.05) is 0 Å². The van der Waals surface area contributed by atoms with Gasteiger partial charge in [-0.1, -0.05) is 158 Å². The molecule has 6 nitrogen and oxygen atoms in total. The van der Waals surface area contributed by atoms with E-state index in [2.05, 4.69) is 55.5 Å². The normalized spacial score (nSPS) is 12.6. The van der Waals surface area contributed by atoms with E-state index >= 15 is 0 Å². The summed E-state index contributed by atoms with van der Waals surface area (Å²) in [6.07, 6.45) is 46.1. The van der Waals surface area contributed by atoms with Crippen LogP contribution in [0.2, 0.25) is 0 Å². The zero-order valence-electron chi connectivity index (χ0n) is 30.9. The van der Waals surface area contributed by atoms with E-state index in [0.717, 1.165) is 70.6 Å². The van der Waals surface area contributed by atoms with E-state index in [1.54, 1.807) is 0 Å². The van der Waals surface area contributed by atoms with Gasteiger partial charge in [0.15, 0.2) is 6.10 Å². The van der Waals surface area contributed by atoms with Crippen molar-refractivity contribution in [2.75, 3.05) is 19.8 Å². The van der Waals surface area contributed by atoms with E-state index in [-0.39, 0.29) is 25.2 Å². The van der Waals surface area contributed by atoms with Crippen molar-refractivity contribution in [3.8, 4) is 0 Å². The zero-order valence-corrected chi connectivity index (χ0v) is 30.9. The topological polar surface area (TPSA) is 93.1 Å². The molecule has 0 saturated carbocycles. The smallest absolute Gasteiger partial charge is 0.306 e. The van der Waals surface area contributed by atoms with Crippen molar-refractivity contribution < 1.29 is 29.3 Å². The lowest BCUT2D eigenvalue weighted by molar-refractivity contribution is -0.161. The number of aliphatic hydroxyl groups excluding tert-OH is 2. The number of carbonyl (C=O) groups is 2. The fourth-order valence-electron chi connectivity index (χ4n) is 5.41. The minimum absolute atomic E-state index is 0.100. The standard InChI is InChI=1S/C42H74O6/c1-2-3-4-5-6-7-8-9-10-14-18-21-24-27-30-33-36-42(46)48-40(38-44)39-47-41(45)35-32-29-26-23-20-17-15-12-11-13-16-19-22-25-28-31-34-37-43/h11,13,15,17,19,22-23,26,40,43-44H,2-10,12,14,16,18,20-21,24-25,27-39H2,1H3/b13-11-,17-15-,22-19-,26-23-/t40-/m0/s1. The first-order valence-electron chi connectivity index (χ1n) is 19.8. The van der Waals surface area contributed by atoms with E-state index in [4.69, 9.17) is 14.6 Å². The summed E-state index contributed by atoms with van der Waals surface area (Å²) in [5.74, 6) is -0.668. The first-order valence-corrected chi connectivity index (χ1v) is 19.8. The number of hydrogen-bond acceptors (Lipinski definition) is 6. The number of rotatable bonds is 36. The highest BCUT2D eigenvalue weighted by molar-refractivity contribution is 5.70. The molecule has 0 rings (SSSR count). The summed E-state index contributed by atoms with van der Waals surface area (Å²) < 4.78 is 10.6. The van der Waals surface area contributed by atoms with Gasteiger partial charge in [0.25, 0.3) is 0 Å². The van der Waals surface area contributed by atoms with E-state index in [1.165, 1.54) is 83.5 Å². The zero-order chi connectivity index (χ0) is 35.0. The molecule has 0 aromatic rings. The molecule has 0 unspecified atom stereocenters. The van der Waals surface area contributed by atoms with Crippen molar-refractivity contribution in [2.45, 2.75) is 186 Å². The quantitative estimate of drug-likeness (QED) is 0.0390. The summed E-state index contributed by atoms with van der Waals surface area (Å²) in [4.78, 5) is 24.2. The summed E-state index contributed by atoms with van der Waals surface area (Å²) in [5, 5.41) is 18.3. The Morgan fingerprint density at radius 1 is 0.500 bits per heavy atom. The summed E-state index contributed by atoms with van der Waals surface area (Å²) in [7, 11) is 0. The van der Waals surface area contributed by atoms with Gasteiger partial charge in [-0.25, -0.2) is 0 Å². The molecular weight excluding hydrogens is 600 g/mol. The van der Waals surface area contributed by atoms with Crippen LogP contribution in [0.25, 0.3) is 0 Å². The van der Waals surface area contributed by atoms with Gasteiger partial charge in [-0.15, -0.1) is 0 Å². The van der Waals surface area contributed by atoms with Crippen molar-refractivity contribution in [3.63, 3.8) is 0 Å². The molecule has 0 saturated heterocycles. The van der Waals surface area contributed by atoms with Crippen LogP contribution in [0, 0.1) is 0 Å². The average molecular weight is 675 g/mol. The highest BCUT2D eigenvalue weighted by Gasteiger charge is 2.16. The first-order chi connectivity index (χ1) is 23.6. The molecule has 0 amide bonds. The second kappa shape index (κ2) is 39.3. The average Bonchev–Trinajstić information content (AvgIpc) is 3.09. The molecule has 0 aliphatic rings. The fourth-order valence-corrected chi connectivity index (χ4v) is 5.41. The lowest BCUT2D eigenvalue weighted by Gasteiger charge is -2.15. The second-order valence-electron chi connectivity index (χ2n) is 13.1. The molecule has 278 valence electrons. The Bertz CT molecular complexity index is 815. The van der Waals surface area contributed by atoms with Gasteiger partial charge in [-0.3, -0.25) is 9.59 Å². The molecule has 0 aromatic carbocycles. The van der Waals surface area contributed by atoms with Crippen LogP contribution in [0.1, 0.15) is 180 Å². The van der Waals surface area contributed by atoms with Crippen LogP contribution >= 0.6 is 0 Å². The molecule has 0 aliphatic heterocycles. The summed E-state index contributed by atoms with van der Waals surface area (Å²) in [5.41, 5.74) is 0. The highest BCUT2D eigenvalue weighted by Crippen LogP contribution is 2.14. The first kappa shape index (κ1) is 45.8. The maximum absolute atomic E-state index is 12.2. The lowest BCUT2D eigenvalue weighted by Crippen LogP contribution is -2.28. The van der Waals surface area contributed by atoms with Crippen LogP contribution < -0.4 is 0 Å². The molecule has 0 heterocycles. The molecule has 0 spiro atoms. The van der Waals surface area contributed by atoms with E-state index in [9.17, 15) is 14.7 Å². The van der Waals surface area contributed by atoms with Crippen LogP contribution in [0.4, 0.5) is 0 Å². The van der Waals surface area contributed by atoms with Gasteiger partial charge in [0.1, 0.15) is 6.61 Å². The highest BCUT2D eigenvalue weighted by atomic mass is 16.6. The third-order valence-electron chi connectivity index (χ3n) is 8.43. The molecular formula is C42H74O6. The molecule has 0 aliphatic carbocycles. The number of ether oxygens (including phenoxy) is 2. The number of hydrogen-bond donors (Lipinski definition) is 2. The Labute approximate surface area is 295 Å². The monoisotopic (exact) mass is 675 g/mol. The molecule has 48 heavy (non-hydrogen) atoms. The second-order valence-corrected chi connectivity index (χ2v) is 13.1. The van der Waals surface area contributed by atoms with Crippen molar-refractivity contribution in [1.29, 1.82) is 0 Å². The maximum Gasteiger partial charge on any atom is 0.306 e. The van der Waals surface area contributed by atoms with Crippen molar-refractivity contribution in [1.82, 2.24) is 0 Å². The molecule has 0 fully saturated rings. The van der Waals surface area contributed by atoms with Crippen LogP contribution in [0.5, 0.6) is 0 Å². The SMILES string of the molecule is CCCCCCCCCCCCCCCCCCC(=O)O[C@@H](CO)COC(=O)CCC/C=C\C/C=C\C/C=C\C/C=C\CCCCCO. The van der Waals surface area contributed by atoms with Crippen LogP contribution in [0.15, 0.2) is 48.6 Å². The Kier molecular flexibility index (Phi) is 37.5. The Balaban J connectivity index is 3.64. The van der Waals surface area contributed by atoms with Crippen LogP contribution in [-0.2, 0) is 19.1 Å². The number of allylic oxidation sites excluding steroid dienone is 8. The van der Waals surface area contributed by atoms with Crippen LogP contribution in [0.3, 0.4) is 0 Å². The maximum atomic E-state index is 12.2. The van der Waals surface area contributed by atoms with E-state index < -0.39 is 6.10 Å². The van der Waals surface area contributed by atoms with Gasteiger partial charge >= 0.3 is 11.9 Å². The summed E-state index contributed by atoms with van der Waals surface area (Å²) in [6, 6.07) is 0. The van der Waals surface area contributed by atoms with Crippen LogP contribution in [-0.4, -0.2) is 48.1 Å². The summed E-state index contributed by atoms with van der Waals surface area (Å²) >= 11 is 0. The fraction of sp³-hybridized carbons (Fsp3) is 0.762. The van der Waals surface area contributed by atoms with Crippen molar-refractivity contribution in [3.05, 3.63) is 48.6 Å². The number of carbonyl (C=O) groups excluding carboxylic acids is 2. The molecule has 0 bridgehead atoms. The predicted octanol–water partition coefficient (Wildman–Crippen LogP) is 11.2. The minimum Gasteiger partial charge on any atom is -0.462 e. The lowest BCUT2D eigenvalue weighted by atomic mass is 10.0. The molecule has 0 aromatic heterocycles. The predicted molar refractivity (Wildman–Crippen MR) is 202 cm³/mol. The van der Waals surface area contributed by atoms with E-state index in [0.29, 0.717) is 25.9 Å². The third kappa shape index (κ3) is 36.7. The van der Waals surface area contributed by atoms with Gasteiger partial charge in [0.05, 0.1) is 6.61 Å². The Morgan fingerprint density at radius 2 is 0.917 bits per heavy atom. The Hall–Kier alpha value is -2.18. The largest absolute Gasteiger partial charge is 0.462 e. The molecule has 0 radical (unpaired) electrons. The minimum atomic E-state index is -0.798. The molecule has 1 atom stereocenters. The van der Waals surface area contributed by atoms with Gasteiger partial charge in [-0.2, -0.15) is 0 Å². The Morgan fingerprint density at radius 3 is 1.40 bits per heavy atom. The van der Waals surface area contributed by atoms with Crippen molar-refractivity contribution in [2.24, 2.45) is 0 Å². The van der Waals surface area contributed by atoms with Gasteiger partial charge in [0, 0.05) is 19.4 Å². The molecule has 2 N–H and O–H groups in total. The van der Waals surface area contributed by atoms with Gasteiger partial charge < -0.3 is 19.7 Å². The summed E-state index contributed by atoms with van der Waals surface area (Å²) in [6.45, 7) is 2.11.